The Morgan fingerprint density at radius 1 is 1.04 bits per heavy atom. The van der Waals surface area contributed by atoms with Crippen LogP contribution in [-0.2, 0) is 14.3 Å². The third kappa shape index (κ3) is 8.62. The van der Waals surface area contributed by atoms with E-state index in [9.17, 15) is 9.59 Å². The predicted molar refractivity (Wildman–Crippen MR) is 97.7 cm³/mol. The second kappa shape index (κ2) is 12.2. The van der Waals surface area contributed by atoms with E-state index in [0.717, 1.165) is 44.1 Å². The summed E-state index contributed by atoms with van der Waals surface area (Å²) in [5.74, 6) is 0.112. The molecule has 1 heterocycles. The van der Waals surface area contributed by atoms with E-state index in [1.54, 1.807) is 6.08 Å². The average molecular weight is 338 g/mol. The van der Waals surface area contributed by atoms with Crippen LogP contribution in [0.4, 0.5) is 0 Å². The molecule has 24 heavy (non-hydrogen) atoms. The fraction of sp³-hybridized carbons (Fsp3) is 0.800. The largest absolute Gasteiger partial charge is 0.345 e. The normalized spacial score (nSPS) is 21.1. The summed E-state index contributed by atoms with van der Waals surface area (Å²) in [6, 6.07) is 0. The van der Waals surface area contributed by atoms with Crippen molar-refractivity contribution in [1.82, 2.24) is 5.32 Å². The first-order chi connectivity index (χ1) is 11.6. The highest BCUT2D eigenvalue weighted by molar-refractivity contribution is 5.90. The van der Waals surface area contributed by atoms with E-state index in [-0.39, 0.29) is 24.0 Å². The van der Waals surface area contributed by atoms with Gasteiger partial charge in [-0.3, -0.25) is 9.59 Å². The Balaban J connectivity index is 2.23. The van der Waals surface area contributed by atoms with Crippen LogP contribution in [0, 0.1) is 0 Å². The molecule has 1 aliphatic rings. The summed E-state index contributed by atoms with van der Waals surface area (Å²) in [5.41, 5.74) is 1.16. The molecule has 0 aromatic carbocycles. The lowest BCUT2D eigenvalue weighted by Crippen LogP contribution is -2.28. The summed E-state index contributed by atoms with van der Waals surface area (Å²) in [7, 11) is 0. The molecule has 2 unspecified atom stereocenters. The molecule has 0 saturated carbocycles. The molecule has 4 nitrogen and oxygen atoms in total. The van der Waals surface area contributed by atoms with Gasteiger partial charge in [-0.05, 0) is 38.7 Å². The highest BCUT2D eigenvalue weighted by atomic mass is 16.5. The van der Waals surface area contributed by atoms with Crippen LogP contribution < -0.4 is 5.32 Å². The number of ether oxygens (including phenoxy) is 1. The second-order valence-electron chi connectivity index (χ2n) is 6.92. The Labute approximate surface area is 147 Å². The van der Waals surface area contributed by atoms with Crippen molar-refractivity contribution in [3.05, 3.63) is 11.6 Å². The number of hydrogen-bond acceptors (Lipinski definition) is 3. The summed E-state index contributed by atoms with van der Waals surface area (Å²) < 4.78 is 5.73. The number of unbranched alkanes of at least 4 members (excludes halogenated alkanes) is 5. The molecule has 1 fully saturated rings. The van der Waals surface area contributed by atoms with Crippen LogP contribution in [0.3, 0.4) is 0 Å². The zero-order valence-electron chi connectivity index (χ0n) is 15.7. The smallest absolute Gasteiger partial charge is 0.251 e. The first-order valence-electron chi connectivity index (χ1n) is 9.72. The topological polar surface area (TPSA) is 55.4 Å². The molecule has 0 radical (unpaired) electrons. The fourth-order valence-electron chi connectivity index (χ4n) is 2.99. The van der Waals surface area contributed by atoms with Crippen molar-refractivity contribution in [2.75, 3.05) is 0 Å². The summed E-state index contributed by atoms with van der Waals surface area (Å²) in [6.07, 6.45) is 12.1. The van der Waals surface area contributed by atoms with E-state index < -0.39 is 0 Å². The van der Waals surface area contributed by atoms with Crippen molar-refractivity contribution >= 4 is 11.7 Å². The van der Waals surface area contributed by atoms with Crippen molar-refractivity contribution < 1.29 is 14.3 Å². The molecule has 0 aromatic rings. The monoisotopic (exact) mass is 337 g/mol. The highest BCUT2D eigenvalue weighted by Gasteiger charge is 2.31. The first kappa shape index (κ1) is 20.9. The number of allylic oxidation sites excluding steroid dienone is 2. The molecule has 2 atom stereocenters. The molecule has 1 N–H and O–H groups in total. The minimum atomic E-state index is -0.326. The fourth-order valence-corrected chi connectivity index (χ4v) is 2.99. The number of ketones is 1. The SMILES string of the molecule is CCCCCC/C(C)=C\C(=O)CCC1NC(=O)C(CCCCC)O1. The molecule has 0 aromatic heterocycles. The molecule has 1 amide bonds. The molecular weight excluding hydrogens is 302 g/mol. The number of hydrogen-bond donors (Lipinski definition) is 1. The Bertz CT molecular complexity index is 417. The van der Waals surface area contributed by atoms with Gasteiger partial charge in [0, 0.05) is 6.42 Å². The maximum Gasteiger partial charge on any atom is 0.251 e. The van der Waals surface area contributed by atoms with Gasteiger partial charge in [0.2, 0.25) is 0 Å². The van der Waals surface area contributed by atoms with Crippen molar-refractivity contribution in [3.8, 4) is 0 Å². The maximum absolute atomic E-state index is 12.0. The van der Waals surface area contributed by atoms with Crippen LogP contribution in [0.25, 0.3) is 0 Å². The molecule has 0 aliphatic carbocycles. The highest BCUT2D eigenvalue weighted by Crippen LogP contribution is 2.17. The second-order valence-corrected chi connectivity index (χ2v) is 6.92. The van der Waals surface area contributed by atoms with Crippen LogP contribution in [0.15, 0.2) is 11.6 Å². The predicted octanol–water partition coefficient (Wildman–Crippen LogP) is 4.67. The van der Waals surface area contributed by atoms with Gasteiger partial charge in [-0.25, -0.2) is 0 Å². The van der Waals surface area contributed by atoms with E-state index in [0.29, 0.717) is 12.8 Å². The number of nitrogens with one attached hydrogen (secondary N) is 1. The third-order valence-corrected chi connectivity index (χ3v) is 4.48. The van der Waals surface area contributed by atoms with E-state index in [1.165, 1.54) is 19.3 Å². The molecule has 138 valence electrons. The van der Waals surface area contributed by atoms with E-state index in [4.69, 9.17) is 4.74 Å². The minimum Gasteiger partial charge on any atom is -0.345 e. The van der Waals surface area contributed by atoms with Gasteiger partial charge in [-0.1, -0.05) is 57.9 Å². The lowest BCUT2D eigenvalue weighted by atomic mass is 10.1. The third-order valence-electron chi connectivity index (χ3n) is 4.48. The Kier molecular flexibility index (Phi) is 10.6. The van der Waals surface area contributed by atoms with Gasteiger partial charge in [-0.2, -0.15) is 0 Å². The standard InChI is InChI=1S/C20H35NO3/c1-4-6-8-10-11-16(3)15-17(22)13-14-19-21-20(23)18(24-19)12-9-7-5-2/h15,18-19H,4-14H2,1-3H3,(H,21,23)/b16-15-. The molecule has 4 heteroatoms. The van der Waals surface area contributed by atoms with Crippen molar-refractivity contribution in [2.24, 2.45) is 0 Å². The quantitative estimate of drug-likeness (QED) is 0.392. The zero-order valence-corrected chi connectivity index (χ0v) is 15.7. The Morgan fingerprint density at radius 3 is 2.46 bits per heavy atom. The number of rotatable bonds is 13. The van der Waals surface area contributed by atoms with Gasteiger partial charge in [0.15, 0.2) is 5.78 Å². The molecular formula is C20H35NO3. The lowest BCUT2D eigenvalue weighted by Gasteiger charge is -2.10. The van der Waals surface area contributed by atoms with Crippen molar-refractivity contribution in [3.63, 3.8) is 0 Å². The van der Waals surface area contributed by atoms with Gasteiger partial charge >= 0.3 is 0 Å². The molecule has 0 bridgehead atoms. The van der Waals surface area contributed by atoms with E-state index in [2.05, 4.69) is 19.2 Å². The maximum atomic E-state index is 12.0. The van der Waals surface area contributed by atoms with Gasteiger partial charge in [0.25, 0.3) is 5.91 Å². The first-order valence-corrected chi connectivity index (χ1v) is 9.72. The van der Waals surface area contributed by atoms with Crippen LogP contribution >= 0.6 is 0 Å². The molecule has 1 saturated heterocycles. The summed E-state index contributed by atoms with van der Waals surface area (Å²) >= 11 is 0. The van der Waals surface area contributed by atoms with Gasteiger partial charge in [0.05, 0.1) is 0 Å². The van der Waals surface area contributed by atoms with E-state index >= 15 is 0 Å². The zero-order chi connectivity index (χ0) is 17.8. The van der Waals surface area contributed by atoms with Crippen LogP contribution in [-0.4, -0.2) is 24.0 Å². The number of amides is 1. The lowest BCUT2D eigenvalue weighted by molar-refractivity contribution is -0.123. The van der Waals surface area contributed by atoms with Gasteiger partial charge in [-0.15, -0.1) is 0 Å². The van der Waals surface area contributed by atoms with Crippen LogP contribution in [0.2, 0.25) is 0 Å². The van der Waals surface area contributed by atoms with Crippen LogP contribution in [0.5, 0.6) is 0 Å². The van der Waals surface area contributed by atoms with Crippen LogP contribution in [0.1, 0.15) is 91.4 Å². The Morgan fingerprint density at radius 2 is 1.75 bits per heavy atom. The minimum absolute atomic E-state index is 0.0220. The number of carbonyl (C=O) groups is 2. The number of carbonyl (C=O) groups excluding carboxylic acids is 2. The van der Waals surface area contributed by atoms with Crippen molar-refractivity contribution in [2.45, 2.75) is 104 Å². The summed E-state index contributed by atoms with van der Waals surface area (Å²) in [4.78, 5) is 23.9. The summed E-state index contributed by atoms with van der Waals surface area (Å²) in [6.45, 7) is 6.37. The molecule has 1 aliphatic heterocycles. The average Bonchev–Trinajstić information content (AvgIpc) is 2.90. The van der Waals surface area contributed by atoms with Gasteiger partial charge < -0.3 is 10.1 Å². The Hall–Kier alpha value is -1.16. The molecule has 0 spiro atoms. The van der Waals surface area contributed by atoms with Crippen molar-refractivity contribution in [1.29, 1.82) is 0 Å². The summed E-state index contributed by atoms with van der Waals surface area (Å²) in [5, 5.41) is 2.85. The van der Waals surface area contributed by atoms with E-state index in [1.807, 2.05) is 6.92 Å². The molecule has 1 rings (SSSR count). The van der Waals surface area contributed by atoms with Gasteiger partial charge in [0.1, 0.15) is 12.3 Å².